The molecule has 1 aromatic rings. The van der Waals surface area contributed by atoms with Gasteiger partial charge in [-0.2, -0.15) is 21.6 Å². The van der Waals surface area contributed by atoms with Crippen LogP contribution in [0.5, 0.6) is 0 Å². The Morgan fingerprint density at radius 1 is 1.20 bits per heavy atom. The highest BCUT2D eigenvalue weighted by Crippen LogP contribution is 2.38. The maximum atomic E-state index is 12.3. The van der Waals surface area contributed by atoms with E-state index in [-0.39, 0.29) is 16.9 Å². The van der Waals surface area contributed by atoms with E-state index < -0.39 is 37.3 Å². The van der Waals surface area contributed by atoms with Gasteiger partial charge in [-0.1, -0.05) is 18.2 Å². The number of rotatable bonds is 2. The molecule has 0 radical (unpaired) electrons. The summed E-state index contributed by atoms with van der Waals surface area (Å²) in [6.07, 6.45) is -1.81. The van der Waals surface area contributed by atoms with Gasteiger partial charge >= 0.3 is 15.6 Å². The third kappa shape index (κ3) is 2.67. The summed E-state index contributed by atoms with van der Waals surface area (Å²) in [6, 6.07) is 5.25. The van der Waals surface area contributed by atoms with Gasteiger partial charge in [-0.3, -0.25) is 4.18 Å². The topological polar surface area (TPSA) is 77.5 Å². The SMILES string of the molecule is O=S1(=O)CCC(OS(=O)(=O)C(F)(F)F)c2ccccc21. The highest BCUT2D eigenvalue weighted by Gasteiger charge is 2.49. The number of halogens is 3. The van der Waals surface area contributed by atoms with Gasteiger partial charge in [0.05, 0.1) is 10.6 Å². The smallest absolute Gasteiger partial charge is 0.255 e. The van der Waals surface area contributed by atoms with Crippen LogP contribution in [0.4, 0.5) is 13.2 Å². The summed E-state index contributed by atoms with van der Waals surface area (Å²) < 4.78 is 86.5. The first-order valence-electron chi connectivity index (χ1n) is 5.36. The summed E-state index contributed by atoms with van der Waals surface area (Å²) >= 11 is 0. The van der Waals surface area contributed by atoms with E-state index in [1.807, 2.05) is 0 Å². The predicted molar refractivity (Wildman–Crippen MR) is 61.9 cm³/mol. The molecule has 0 amide bonds. The van der Waals surface area contributed by atoms with E-state index in [0.717, 1.165) is 0 Å². The monoisotopic (exact) mass is 330 g/mol. The van der Waals surface area contributed by atoms with Gasteiger partial charge in [0.1, 0.15) is 6.10 Å². The molecule has 5 nitrogen and oxygen atoms in total. The zero-order valence-corrected chi connectivity index (χ0v) is 11.4. The number of benzene rings is 1. The number of sulfone groups is 1. The van der Waals surface area contributed by atoms with Crippen molar-refractivity contribution in [1.82, 2.24) is 0 Å². The lowest BCUT2D eigenvalue weighted by Crippen LogP contribution is -2.30. The molecule has 0 fully saturated rings. The van der Waals surface area contributed by atoms with Gasteiger partial charge < -0.3 is 0 Å². The normalized spacial score (nSPS) is 22.2. The van der Waals surface area contributed by atoms with Crippen LogP contribution in [0.25, 0.3) is 0 Å². The van der Waals surface area contributed by atoms with Crippen LogP contribution in [0.3, 0.4) is 0 Å². The van der Waals surface area contributed by atoms with Gasteiger partial charge in [-0.05, 0) is 12.5 Å². The van der Waals surface area contributed by atoms with Crippen LogP contribution < -0.4 is 0 Å². The molecule has 0 bridgehead atoms. The van der Waals surface area contributed by atoms with Crippen molar-refractivity contribution in [3.63, 3.8) is 0 Å². The van der Waals surface area contributed by atoms with Gasteiger partial charge in [0.2, 0.25) is 0 Å². The maximum Gasteiger partial charge on any atom is 0.523 e. The zero-order valence-electron chi connectivity index (χ0n) is 9.79. The maximum absolute atomic E-state index is 12.3. The molecule has 1 aliphatic rings. The average molecular weight is 330 g/mol. The Morgan fingerprint density at radius 3 is 2.40 bits per heavy atom. The molecular formula is C10H9F3O5S2. The van der Waals surface area contributed by atoms with Crippen molar-refractivity contribution in [2.24, 2.45) is 0 Å². The third-order valence-corrected chi connectivity index (χ3v) is 5.64. The molecule has 1 aromatic carbocycles. The minimum atomic E-state index is -5.77. The molecule has 112 valence electrons. The summed E-state index contributed by atoms with van der Waals surface area (Å²) in [5.74, 6) is -0.470. The molecule has 1 heterocycles. The highest BCUT2D eigenvalue weighted by molar-refractivity contribution is 7.91. The van der Waals surface area contributed by atoms with Crippen molar-refractivity contribution >= 4 is 20.0 Å². The second-order valence-corrected chi connectivity index (χ2v) is 7.77. The van der Waals surface area contributed by atoms with E-state index >= 15 is 0 Å². The average Bonchev–Trinajstić information content (AvgIpc) is 2.32. The van der Waals surface area contributed by atoms with Crippen LogP contribution in [0.15, 0.2) is 29.2 Å². The Hall–Kier alpha value is -1.13. The number of hydrogen-bond donors (Lipinski definition) is 0. The summed E-state index contributed by atoms with van der Waals surface area (Å²) in [6.45, 7) is 0. The standard InChI is InChI=1S/C10H9F3O5S2/c11-10(12,13)20(16,17)18-8-5-6-19(14,15)9-4-2-1-3-7(8)9/h1-4,8H,5-6H2. The Balaban J connectivity index is 2.43. The number of hydrogen-bond acceptors (Lipinski definition) is 5. The van der Waals surface area contributed by atoms with Gasteiger partial charge in [-0.25, -0.2) is 8.42 Å². The van der Waals surface area contributed by atoms with E-state index in [9.17, 15) is 30.0 Å². The summed E-state index contributed by atoms with van der Waals surface area (Å²) in [4.78, 5) is -0.200. The molecule has 1 aliphatic heterocycles. The quantitative estimate of drug-likeness (QED) is 0.610. The lowest BCUT2D eigenvalue weighted by atomic mass is 10.1. The Bertz CT molecular complexity index is 722. The fraction of sp³-hybridized carbons (Fsp3) is 0.400. The first-order chi connectivity index (χ1) is 9.05. The van der Waals surface area contributed by atoms with Crippen molar-refractivity contribution in [1.29, 1.82) is 0 Å². The summed E-state index contributed by atoms with van der Waals surface area (Å²) in [5.41, 5.74) is -5.62. The largest absolute Gasteiger partial charge is 0.523 e. The van der Waals surface area contributed by atoms with Crippen molar-refractivity contribution in [3.05, 3.63) is 29.8 Å². The van der Waals surface area contributed by atoms with E-state index in [1.165, 1.54) is 24.3 Å². The molecule has 0 spiro atoms. The lowest BCUT2D eigenvalue weighted by Gasteiger charge is -2.25. The second-order valence-electron chi connectivity index (χ2n) is 4.13. The van der Waals surface area contributed by atoms with Gasteiger partial charge in [0.15, 0.2) is 9.84 Å². The van der Waals surface area contributed by atoms with Crippen LogP contribution >= 0.6 is 0 Å². The highest BCUT2D eigenvalue weighted by atomic mass is 32.2. The molecule has 2 rings (SSSR count). The van der Waals surface area contributed by atoms with Crippen LogP contribution in [0.1, 0.15) is 18.1 Å². The van der Waals surface area contributed by atoms with E-state index in [1.54, 1.807) is 0 Å². The lowest BCUT2D eigenvalue weighted by molar-refractivity contribution is -0.0577. The number of alkyl halides is 3. The summed E-state index contributed by atoms with van der Waals surface area (Å²) in [5, 5.41) is 0. The van der Waals surface area contributed by atoms with Crippen LogP contribution in [-0.2, 0) is 24.1 Å². The van der Waals surface area contributed by atoms with Crippen LogP contribution in [0.2, 0.25) is 0 Å². The third-order valence-electron chi connectivity index (χ3n) is 2.78. The molecule has 10 heteroatoms. The minimum absolute atomic E-state index is 0.0772. The van der Waals surface area contributed by atoms with Crippen LogP contribution in [-0.4, -0.2) is 28.1 Å². The molecule has 0 saturated heterocycles. The minimum Gasteiger partial charge on any atom is -0.255 e. The molecule has 1 atom stereocenters. The molecule has 1 unspecified atom stereocenters. The fourth-order valence-electron chi connectivity index (χ4n) is 1.86. The molecule has 0 N–H and O–H groups in total. The van der Waals surface area contributed by atoms with Gasteiger partial charge in [0.25, 0.3) is 0 Å². The van der Waals surface area contributed by atoms with Crippen LogP contribution in [0, 0.1) is 0 Å². The Morgan fingerprint density at radius 2 is 1.80 bits per heavy atom. The second kappa shape index (κ2) is 4.71. The van der Waals surface area contributed by atoms with E-state index in [2.05, 4.69) is 4.18 Å². The first kappa shape index (κ1) is 15.3. The van der Waals surface area contributed by atoms with Crippen molar-refractivity contribution in [2.45, 2.75) is 22.9 Å². The first-order valence-corrected chi connectivity index (χ1v) is 8.42. The zero-order chi connectivity index (χ0) is 15.2. The molecule has 0 aromatic heterocycles. The van der Waals surface area contributed by atoms with Crippen molar-refractivity contribution in [2.75, 3.05) is 5.75 Å². The molecule has 0 saturated carbocycles. The van der Waals surface area contributed by atoms with Gasteiger partial charge in [0, 0.05) is 5.56 Å². The van der Waals surface area contributed by atoms with Crippen molar-refractivity contribution in [3.8, 4) is 0 Å². The Kier molecular flexibility index (Phi) is 3.59. The molecule has 0 aliphatic carbocycles. The van der Waals surface area contributed by atoms with E-state index in [4.69, 9.17) is 0 Å². The van der Waals surface area contributed by atoms with Gasteiger partial charge in [-0.15, -0.1) is 0 Å². The molecular weight excluding hydrogens is 321 g/mol. The number of fused-ring (bicyclic) bond motifs is 1. The van der Waals surface area contributed by atoms with Crippen molar-refractivity contribution < 1.29 is 34.2 Å². The fourth-order valence-corrected chi connectivity index (χ4v) is 4.07. The summed E-state index contributed by atoms with van der Waals surface area (Å²) in [7, 11) is -9.39. The molecule has 20 heavy (non-hydrogen) atoms. The van der Waals surface area contributed by atoms with E-state index in [0.29, 0.717) is 0 Å². The Labute approximate surface area is 113 Å². The predicted octanol–water partition coefficient (Wildman–Crippen LogP) is 1.77.